The highest BCUT2D eigenvalue weighted by atomic mass is 16.5. The quantitative estimate of drug-likeness (QED) is 0.757. The molecular weight excluding hydrogens is 194 g/mol. The van der Waals surface area contributed by atoms with Crippen molar-refractivity contribution in [3.8, 4) is 0 Å². The molecular formula is C11H21NO3. The predicted octanol–water partition coefficient (Wildman–Crippen LogP) is 0.783. The lowest BCUT2D eigenvalue weighted by Gasteiger charge is -2.34. The summed E-state index contributed by atoms with van der Waals surface area (Å²) in [5.74, 6) is -0.188. The molecule has 1 fully saturated rings. The highest BCUT2D eigenvalue weighted by Crippen LogP contribution is 2.15. The summed E-state index contributed by atoms with van der Waals surface area (Å²) in [7, 11) is 0. The van der Waals surface area contributed by atoms with E-state index in [0.717, 1.165) is 19.4 Å². The number of carbonyl (C=O) groups excluding carboxylic acids is 1. The average Bonchev–Trinajstić information content (AvgIpc) is 2.16. The van der Waals surface area contributed by atoms with Crippen LogP contribution >= 0.6 is 0 Å². The van der Waals surface area contributed by atoms with Gasteiger partial charge in [0.2, 0.25) is 0 Å². The third-order valence-corrected chi connectivity index (χ3v) is 2.51. The zero-order valence-corrected chi connectivity index (χ0v) is 9.77. The van der Waals surface area contributed by atoms with Crippen molar-refractivity contribution in [2.24, 2.45) is 0 Å². The van der Waals surface area contributed by atoms with E-state index in [-0.39, 0.29) is 18.1 Å². The minimum absolute atomic E-state index is 0.126. The molecule has 88 valence electrons. The molecule has 0 radical (unpaired) electrons. The van der Waals surface area contributed by atoms with E-state index in [1.165, 1.54) is 6.92 Å². The molecule has 0 aromatic carbocycles. The number of ether oxygens (including phenoxy) is 1. The van der Waals surface area contributed by atoms with Crippen molar-refractivity contribution in [3.05, 3.63) is 0 Å². The number of nitrogens with zero attached hydrogens (tertiary/aromatic N) is 1. The molecule has 0 unspecified atom stereocenters. The van der Waals surface area contributed by atoms with Crippen molar-refractivity contribution in [3.63, 3.8) is 0 Å². The number of hydrogen-bond acceptors (Lipinski definition) is 3. The van der Waals surface area contributed by atoms with Gasteiger partial charge in [-0.2, -0.15) is 0 Å². The summed E-state index contributed by atoms with van der Waals surface area (Å²) in [6.45, 7) is 6.85. The number of aliphatic hydroxyl groups is 1. The van der Waals surface area contributed by atoms with Gasteiger partial charge in [-0.15, -0.1) is 0 Å². The van der Waals surface area contributed by atoms with Gasteiger partial charge < -0.3 is 14.7 Å². The van der Waals surface area contributed by atoms with Gasteiger partial charge in [-0.25, -0.2) is 0 Å². The fourth-order valence-corrected chi connectivity index (χ4v) is 1.90. The third-order valence-electron chi connectivity index (χ3n) is 2.51. The van der Waals surface area contributed by atoms with Crippen LogP contribution in [0.1, 0.15) is 33.6 Å². The molecule has 0 aromatic heterocycles. The number of likely N-dealkylation sites (tertiary alicyclic amines) is 1. The van der Waals surface area contributed by atoms with E-state index in [1.807, 2.05) is 13.8 Å². The lowest BCUT2D eigenvalue weighted by atomic mass is 10.1. The van der Waals surface area contributed by atoms with E-state index >= 15 is 0 Å². The van der Waals surface area contributed by atoms with Crippen LogP contribution in [0.15, 0.2) is 0 Å². The Balaban J connectivity index is 2.45. The van der Waals surface area contributed by atoms with E-state index in [1.54, 1.807) is 4.90 Å². The molecule has 15 heavy (non-hydrogen) atoms. The summed E-state index contributed by atoms with van der Waals surface area (Å²) in [5, 5.41) is 9.21. The lowest BCUT2D eigenvalue weighted by molar-refractivity contribution is -0.144. The van der Waals surface area contributed by atoms with Crippen molar-refractivity contribution in [1.82, 2.24) is 4.90 Å². The maximum Gasteiger partial charge on any atom is 0.251 e. The Morgan fingerprint density at radius 1 is 1.47 bits per heavy atom. The van der Waals surface area contributed by atoms with E-state index < -0.39 is 6.10 Å². The molecule has 1 rings (SSSR count). The number of hydrogen-bond donors (Lipinski definition) is 1. The maximum absolute atomic E-state index is 11.5. The highest BCUT2D eigenvalue weighted by Gasteiger charge is 2.26. The van der Waals surface area contributed by atoms with Crippen molar-refractivity contribution < 1.29 is 14.6 Å². The smallest absolute Gasteiger partial charge is 0.251 e. The number of carbonyl (C=O) groups is 1. The second kappa shape index (κ2) is 5.47. The van der Waals surface area contributed by atoms with Crippen LogP contribution in [0, 0.1) is 0 Å². The van der Waals surface area contributed by atoms with Gasteiger partial charge in [-0.05, 0) is 33.6 Å². The van der Waals surface area contributed by atoms with Gasteiger partial charge in [0.1, 0.15) is 6.10 Å². The van der Waals surface area contributed by atoms with E-state index in [4.69, 9.17) is 4.74 Å². The van der Waals surface area contributed by atoms with Gasteiger partial charge in [-0.1, -0.05) is 0 Å². The van der Waals surface area contributed by atoms with Crippen molar-refractivity contribution in [2.75, 3.05) is 13.1 Å². The van der Waals surface area contributed by atoms with Crippen LogP contribution in [0.3, 0.4) is 0 Å². The Kier molecular flexibility index (Phi) is 4.54. The fraction of sp³-hybridized carbons (Fsp3) is 0.909. The van der Waals surface area contributed by atoms with Crippen LogP contribution in [0.5, 0.6) is 0 Å². The predicted molar refractivity (Wildman–Crippen MR) is 57.5 cm³/mol. The largest absolute Gasteiger partial charge is 0.384 e. The standard InChI is InChI=1S/C11H21NO3/c1-8(2)15-10-5-4-6-12(7-10)11(14)9(3)13/h8-10,13H,4-7H2,1-3H3/t9-,10+/m0/s1. The molecule has 1 aliphatic heterocycles. The van der Waals surface area contributed by atoms with Crippen molar-refractivity contribution in [1.29, 1.82) is 0 Å². The van der Waals surface area contributed by atoms with Crippen molar-refractivity contribution >= 4 is 5.91 Å². The third kappa shape index (κ3) is 3.80. The molecule has 1 heterocycles. The molecule has 0 aliphatic carbocycles. The van der Waals surface area contributed by atoms with Crippen LogP contribution < -0.4 is 0 Å². The monoisotopic (exact) mass is 215 g/mol. The normalized spacial score (nSPS) is 24.3. The van der Waals surface area contributed by atoms with Gasteiger partial charge in [0, 0.05) is 13.1 Å². The fourth-order valence-electron chi connectivity index (χ4n) is 1.90. The summed E-state index contributed by atoms with van der Waals surface area (Å²) >= 11 is 0. The number of piperidine rings is 1. The molecule has 0 spiro atoms. The maximum atomic E-state index is 11.5. The van der Waals surface area contributed by atoms with Crippen LogP contribution in [0.25, 0.3) is 0 Å². The van der Waals surface area contributed by atoms with Crippen molar-refractivity contribution in [2.45, 2.75) is 51.9 Å². The number of amides is 1. The Morgan fingerprint density at radius 3 is 2.67 bits per heavy atom. The first-order valence-corrected chi connectivity index (χ1v) is 5.63. The van der Waals surface area contributed by atoms with E-state index in [2.05, 4.69) is 0 Å². The van der Waals surface area contributed by atoms with Crippen LogP contribution in [0.4, 0.5) is 0 Å². The molecule has 0 saturated carbocycles. The number of aliphatic hydroxyl groups excluding tert-OH is 1. The van der Waals surface area contributed by atoms with Crippen LogP contribution in [-0.4, -0.2) is 47.3 Å². The number of rotatable bonds is 3. The minimum Gasteiger partial charge on any atom is -0.384 e. The molecule has 0 bridgehead atoms. The molecule has 4 nitrogen and oxygen atoms in total. The highest BCUT2D eigenvalue weighted by molar-refractivity contribution is 5.80. The van der Waals surface area contributed by atoms with Crippen LogP contribution in [-0.2, 0) is 9.53 Å². The van der Waals surface area contributed by atoms with Gasteiger partial charge >= 0.3 is 0 Å². The molecule has 1 amide bonds. The van der Waals surface area contributed by atoms with E-state index in [9.17, 15) is 9.90 Å². The Labute approximate surface area is 91.2 Å². The van der Waals surface area contributed by atoms with Gasteiger partial charge in [0.15, 0.2) is 0 Å². The zero-order chi connectivity index (χ0) is 11.4. The second-order valence-corrected chi connectivity index (χ2v) is 4.41. The van der Waals surface area contributed by atoms with Gasteiger partial charge in [-0.3, -0.25) is 4.79 Å². The Bertz CT molecular complexity index is 216. The first-order valence-electron chi connectivity index (χ1n) is 5.63. The molecule has 0 aromatic rings. The van der Waals surface area contributed by atoms with Gasteiger partial charge in [0.25, 0.3) is 5.91 Å². The van der Waals surface area contributed by atoms with Gasteiger partial charge in [0.05, 0.1) is 12.2 Å². The molecule has 4 heteroatoms. The minimum atomic E-state index is -0.900. The first kappa shape index (κ1) is 12.5. The SMILES string of the molecule is CC(C)O[C@@H]1CCCN(C(=O)[C@H](C)O)C1. The van der Waals surface area contributed by atoms with Crippen LogP contribution in [0.2, 0.25) is 0 Å². The summed E-state index contributed by atoms with van der Waals surface area (Å²) in [5.41, 5.74) is 0. The average molecular weight is 215 g/mol. The second-order valence-electron chi connectivity index (χ2n) is 4.41. The summed E-state index contributed by atoms with van der Waals surface area (Å²) in [4.78, 5) is 13.2. The summed E-state index contributed by atoms with van der Waals surface area (Å²) < 4.78 is 5.68. The molecule has 1 saturated heterocycles. The molecule has 1 aliphatic rings. The summed E-state index contributed by atoms with van der Waals surface area (Å²) in [6, 6.07) is 0. The Hall–Kier alpha value is -0.610. The molecule has 2 atom stereocenters. The topological polar surface area (TPSA) is 49.8 Å². The lowest BCUT2D eigenvalue weighted by Crippen LogP contribution is -2.47. The zero-order valence-electron chi connectivity index (χ0n) is 9.77. The summed E-state index contributed by atoms with van der Waals surface area (Å²) in [6.07, 6.45) is 1.37. The first-order chi connectivity index (χ1) is 7.00. The Morgan fingerprint density at radius 2 is 2.13 bits per heavy atom. The van der Waals surface area contributed by atoms with E-state index in [0.29, 0.717) is 6.54 Å². The molecule has 1 N–H and O–H groups in total.